The number of hydrogen-bond donors (Lipinski definition) is 2. The van der Waals surface area contributed by atoms with Gasteiger partial charge in [0.1, 0.15) is 5.75 Å². The molecule has 37 heavy (non-hydrogen) atoms. The lowest BCUT2D eigenvalue weighted by molar-refractivity contribution is -0.116. The lowest BCUT2D eigenvalue weighted by Gasteiger charge is -2.29. The lowest BCUT2D eigenvalue weighted by Crippen LogP contribution is -2.33. The molecule has 8 heteroatoms. The van der Waals surface area contributed by atoms with Crippen LogP contribution in [0.3, 0.4) is 0 Å². The Hall–Kier alpha value is -4.17. The van der Waals surface area contributed by atoms with Gasteiger partial charge in [0.2, 0.25) is 5.91 Å². The van der Waals surface area contributed by atoms with Crippen LogP contribution in [0.5, 0.6) is 5.75 Å². The zero-order valence-corrected chi connectivity index (χ0v) is 21.6. The van der Waals surface area contributed by atoms with Crippen LogP contribution in [-0.2, 0) is 4.79 Å². The molecule has 1 aliphatic rings. The highest BCUT2D eigenvalue weighted by Gasteiger charge is 2.41. The summed E-state index contributed by atoms with van der Waals surface area (Å²) in [7, 11) is 1.66. The number of amides is 1. The molecule has 1 amide bonds. The van der Waals surface area contributed by atoms with Gasteiger partial charge in [-0.3, -0.25) is 9.78 Å². The largest absolute Gasteiger partial charge is 0.497 e. The van der Waals surface area contributed by atoms with Gasteiger partial charge in [0.25, 0.3) is 0 Å². The molecule has 1 fully saturated rings. The summed E-state index contributed by atoms with van der Waals surface area (Å²) < 4.78 is 7.48. The van der Waals surface area contributed by atoms with Gasteiger partial charge in [-0.1, -0.05) is 23.8 Å². The van der Waals surface area contributed by atoms with Crippen molar-refractivity contribution in [1.29, 1.82) is 0 Å². The first-order valence-corrected chi connectivity index (χ1v) is 12.6. The number of nitrogens with zero attached hydrogens (tertiary/aromatic N) is 3. The van der Waals surface area contributed by atoms with Gasteiger partial charge in [-0.05, 0) is 79.8 Å². The SMILES string of the molecule is COc1ccc(-n2cccc2[C@@H]2[C@H](c3ccccn3)NC(=S)N2CCC(=O)Nc2ccc(C)cc2)cc1. The summed E-state index contributed by atoms with van der Waals surface area (Å²) in [5, 5.41) is 7.06. The number of thiocarbonyl (C=S) groups is 1. The molecule has 2 aromatic carbocycles. The number of aromatic nitrogens is 2. The molecule has 0 spiro atoms. The third kappa shape index (κ3) is 5.34. The topological polar surface area (TPSA) is 71.4 Å². The van der Waals surface area contributed by atoms with Crippen molar-refractivity contribution in [2.24, 2.45) is 0 Å². The van der Waals surface area contributed by atoms with Crippen LogP contribution in [0, 0.1) is 6.92 Å². The van der Waals surface area contributed by atoms with Crippen LogP contribution >= 0.6 is 12.2 Å². The maximum Gasteiger partial charge on any atom is 0.226 e. The molecule has 4 aromatic rings. The van der Waals surface area contributed by atoms with Crippen molar-refractivity contribution in [2.75, 3.05) is 19.0 Å². The van der Waals surface area contributed by atoms with Crippen LogP contribution in [0.25, 0.3) is 5.69 Å². The van der Waals surface area contributed by atoms with E-state index >= 15 is 0 Å². The van der Waals surface area contributed by atoms with Crippen molar-refractivity contribution in [1.82, 2.24) is 19.8 Å². The number of nitrogens with one attached hydrogen (secondary N) is 2. The highest BCUT2D eigenvalue weighted by Crippen LogP contribution is 2.39. The first-order valence-electron chi connectivity index (χ1n) is 12.2. The van der Waals surface area contributed by atoms with Crippen molar-refractivity contribution in [3.63, 3.8) is 0 Å². The van der Waals surface area contributed by atoms with Gasteiger partial charge in [0.15, 0.2) is 5.11 Å². The predicted octanol–water partition coefficient (Wildman–Crippen LogP) is 5.19. The molecule has 7 nitrogen and oxygen atoms in total. The number of anilines is 1. The summed E-state index contributed by atoms with van der Waals surface area (Å²) in [4.78, 5) is 19.5. The zero-order valence-electron chi connectivity index (χ0n) is 20.8. The van der Waals surface area contributed by atoms with E-state index in [0.717, 1.165) is 34.1 Å². The number of benzene rings is 2. The summed E-state index contributed by atoms with van der Waals surface area (Å²) in [6.45, 7) is 2.48. The monoisotopic (exact) mass is 511 g/mol. The van der Waals surface area contributed by atoms with Crippen LogP contribution in [0.2, 0.25) is 0 Å². The number of aryl methyl sites for hydroxylation is 1. The van der Waals surface area contributed by atoms with E-state index in [1.54, 1.807) is 13.3 Å². The van der Waals surface area contributed by atoms with E-state index in [1.807, 2.05) is 85.9 Å². The highest BCUT2D eigenvalue weighted by atomic mass is 32.1. The Morgan fingerprint density at radius 1 is 1.05 bits per heavy atom. The first-order chi connectivity index (χ1) is 18.0. The number of ether oxygens (including phenoxy) is 1. The van der Waals surface area contributed by atoms with Gasteiger partial charge in [0, 0.05) is 42.4 Å². The molecule has 2 N–H and O–H groups in total. The van der Waals surface area contributed by atoms with E-state index < -0.39 is 0 Å². The Balaban J connectivity index is 1.43. The molecule has 0 aliphatic carbocycles. The standard InChI is InChI=1S/C29H29N5O2S/c1-20-8-10-21(11-9-20)31-26(35)16-19-34-28(27(32-29(34)37)24-6-3-4-17-30-24)25-7-5-18-33(25)22-12-14-23(36-2)15-13-22/h3-15,17-18,27-28H,16,19H2,1-2H3,(H,31,35)(H,32,37)/t27-,28+/m0/s1. The van der Waals surface area contributed by atoms with Crippen LogP contribution in [0.15, 0.2) is 91.3 Å². The average Bonchev–Trinajstić information content (AvgIpc) is 3.53. The highest BCUT2D eigenvalue weighted by molar-refractivity contribution is 7.80. The summed E-state index contributed by atoms with van der Waals surface area (Å²) in [5.41, 5.74) is 4.88. The molecule has 0 bridgehead atoms. The lowest BCUT2D eigenvalue weighted by atomic mass is 10.0. The summed E-state index contributed by atoms with van der Waals surface area (Å²) in [5.74, 6) is 0.742. The molecule has 2 aromatic heterocycles. The molecule has 1 saturated heterocycles. The fourth-order valence-corrected chi connectivity index (χ4v) is 5.00. The van der Waals surface area contributed by atoms with Crippen LogP contribution in [-0.4, -0.2) is 39.1 Å². The fraction of sp³-hybridized carbons (Fsp3) is 0.207. The molecule has 0 saturated carbocycles. The van der Waals surface area contributed by atoms with E-state index in [9.17, 15) is 4.79 Å². The summed E-state index contributed by atoms with van der Waals surface area (Å²) in [6, 6.07) is 25.4. The molecule has 5 rings (SSSR count). The second kappa shape index (κ2) is 10.8. The third-order valence-corrected chi connectivity index (χ3v) is 6.90. The van der Waals surface area contributed by atoms with E-state index in [4.69, 9.17) is 17.0 Å². The zero-order chi connectivity index (χ0) is 25.8. The number of hydrogen-bond acceptors (Lipinski definition) is 4. The quantitative estimate of drug-likeness (QED) is 0.317. The van der Waals surface area contributed by atoms with E-state index in [2.05, 4.69) is 31.2 Å². The number of carbonyl (C=O) groups is 1. The van der Waals surface area contributed by atoms with Gasteiger partial charge in [0.05, 0.1) is 24.9 Å². The van der Waals surface area contributed by atoms with Crippen LogP contribution in [0.1, 0.15) is 35.5 Å². The maximum absolute atomic E-state index is 12.8. The Bertz CT molecular complexity index is 1370. The third-order valence-electron chi connectivity index (χ3n) is 6.55. The summed E-state index contributed by atoms with van der Waals surface area (Å²) in [6.07, 6.45) is 4.12. The molecular weight excluding hydrogens is 482 g/mol. The van der Waals surface area contributed by atoms with Gasteiger partial charge in [-0.25, -0.2) is 0 Å². The van der Waals surface area contributed by atoms with Gasteiger partial charge < -0.3 is 24.8 Å². The van der Waals surface area contributed by atoms with Crippen LogP contribution in [0.4, 0.5) is 5.69 Å². The molecule has 2 atom stereocenters. The molecule has 0 unspecified atom stereocenters. The van der Waals surface area contributed by atoms with E-state index in [0.29, 0.717) is 18.1 Å². The fourth-order valence-electron chi connectivity index (χ4n) is 4.66. The van der Waals surface area contributed by atoms with Crippen molar-refractivity contribution in [2.45, 2.75) is 25.4 Å². The summed E-state index contributed by atoms with van der Waals surface area (Å²) >= 11 is 5.79. The van der Waals surface area contributed by atoms with Crippen molar-refractivity contribution in [3.05, 3.63) is 108 Å². The minimum Gasteiger partial charge on any atom is -0.497 e. The average molecular weight is 512 g/mol. The van der Waals surface area contributed by atoms with Crippen molar-refractivity contribution < 1.29 is 9.53 Å². The van der Waals surface area contributed by atoms with Gasteiger partial charge in [-0.15, -0.1) is 0 Å². The molecule has 3 heterocycles. The smallest absolute Gasteiger partial charge is 0.226 e. The molecular formula is C29H29N5O2S. The normalized spacial score (nSPS) is 16.9. The van der Waals surface area contributed by atoms with Crippen molar-refractivity contribution in [3.8, 4) is 11.4 Å². The predicted molar refractivity (Wildman–Crippen MR) is 149 cm³/mol. The number of pyridine rings is 1. The number of methoxy groups -OCH3 is 1. The first kappa shape index (κ1) is 24.5. The van der Waals surface area contributed by atoms with Crippen LogP contribution < -0.4 is 15.4 Å². The minimum absolute atomic E-state index is 0.0581. The molecule has 0 radical (unpaired) electrons. The Labute approximate surface area is 222 Å². The minimum atomic E-state index is -0.166. The molecule has 188 valence electrons. The Morgan fingerprint density at radius 3 is 2.54 bits per heavy atom. The van der Waals surface area contributed by atoms with Gasteiger partial charge in [-0.2, -0.15) is 0 Å². The van der Waals surface area contributed by atoms with E-state index in [1.165, 1.54) is 0 Å². The maximum atomic E-state index is 12.8. The second-order valence-corrected chi connectivity index (χ2v) is 9.37. The number of rotatable bonds is 8. The van der Waals surface area contributed by atoms with Gasteiger partial charge >= 0.3 is 0 Å². The Morgan fingerprint density at radius 2 is 1.84 bits per heavy atom. The van der Waals surface area contributed by atoms with E-state index in [-0.39, 0.29) is 18.0 Å². The second-order valence-electron chi connectivity index (χ2n) is 8.99. The van der Waals surface area contributed by atoms with Crippen molar-refractivity contribution >= 4 is 28.9 Å². The Kier molecular flexibility index (Phi) is 7.18. The number of carbonyl (C=O) groups excluding carboxylic acids is 1. The molecule has 1 aliphatic heterocycles.